The molecule has 0 bridgehead atoms. The van der Waals surface area contributed by atoms with Crippen molar-refractivity contribution in [3.63, 3.8) is 0 Å². The molecule has 1 rings (SSSR count). The fourth-order valence-electron chi connectivity index (χ4n) is 1.89. The Morgan fingerprint density at radius 3 is 2.76 bits per heavy atom. The molecule has 0 aliphatic carbocycles. The Hall–Kier alpha value is -0.160. The molecule has 4 heteroatoms. The second-order valence-electron chi connectivity index (χ2n) is 5.89. The molecule has 1 aliphatic heterocycles. The normalized spacial score (nSPS) is 28.1. The van der Waals surface area contributed by atoms with Crippen LogP contribution in [0, 0.1) is 0 Å². The molecule has 102 valence electrons. The molecule has 17 heavy (non-hydrogen) atoms. The number of nitrogens with one attached hydrogen (secondary N) is 1. The Morgan fingerprint density at radius 2 is 2.18 bits per heavy atom. The lowest BCUT2D eigenvalue weighted by Gasteiger charge is -2.29. The van der Waals surface area contributed by atoms with E-state index in [0.29, 0.717) is 25.3 Å². The van der Waals surface area contributed by atoms with Crippen molar-refractivity contribution in [2.24, 2.45) is 0 Å². The lowest BCUT2D eigenvalue weighted by molar-refractivity contribution is -0.0501. The first kappa shape index (κ1) is 14.9. The highest BCUT2D eigenvalue weighted by molar-refractivity contribution is 4.76. The molecule has 1 aliphatic rings. The number of rotatable bonds is 5. The summed E-state index contributed by atoms with van der Waals surface area (Å²) < 4.78 is 11.0. The van der Waals surface area contributed by atoms with Gasteiger partial charge in [-0.1, -0.05) is 0 Å². The highest BCUT2D eigenvalue weighted by atomic mass is 16.5. The molecule has 1 fully saturated rings. The SMILES string of the molecule is CC1CC(NCC(O)COC(C)(C)C)CCO1. The van der Waals surface area contributed by atoms with Gasteiger partial charge < -0.3 is 19.9 Å². The van der Waals surface area contributed by atoms with Crippen LogP contribution in [-0.2, 0) is 9.47 Å². The third-order valence-corrected chi connectivity index (χ3v) is 2.84. The van der Waals surface area contributed by atoms with Gasteiger partial charge in [0.15, 0.2) is 0 Å². The largest absolute Gasteiger partial charge is 0.389 e. The van der Waals surface area contributed by atoms with Crippen LogP contribution in [-0.4, -0.2) is 48.7 Å². The zero-order valence-electron chi connectivity index (χ0n) is 11.5. The van der Waals surface area contributed by atoms with E-state index in [0.717, 1.165) is 19.4 Å². The molecule has 3 unspecified atom stereocenters. The monoisotopic (exact) mass is 245 g/mol. The Bertz CT molecular complexity index is 215. The second kappa shape index (κ2) is 6.69. The maximum absolute atomic E-state index is 9.79. The van der Waals surface area contributed by atoms with Crippen molar-refractivity contribution in [3.05, 3.63) is 0 Å². The predicted octanol–water partition coefficient (Wildman–Crippen LogP) is 1.32. The molecule has 0 aromatic rings. The van der Waals surface area contributed by atoms with Gasteiger partial charge in [0.2, 0.25) is 0 Å². The van der Waals surface area contributed by atoms with Crippen LogP contribution < -0.4 is 5.32 Å². The number of hydrogen-bond donors (Lipinski definition) is 2. The van der Waals surface area contributed by atoms with Gasteiger partial charge in [-0.05, 0) is 40.5 Å². The summed E-state index contributed by atoms with van der Waals surface area (Å²) in [5, 5.41) is 13.2. The summed E-state index contributed by atoms with van der Waals surface area (Å²) in [6.45, 7) is 9.86. The minimum absolute atomic E-state index is 0.186. The molecule has 0 saturated carbocycles. The van der Waals surface area contributed by atoms with Crippen LogP contribution in [0.4, 0.5) is 0 Å². The Morgan fingerprint density at radius 1 is 1.47 bits per heavy atom. The molecular formula is C13H27NO3. The van der Waals surface area contributed by atoms with Gasteiger partial charge in [0, 0.05) is 19.2 Å². The molecule has 1 heterocycles. The van der Waals surface area contributed by atoms with E-state index in [1.165, 1.54) is 0 Å². The van der Waals surface area contributed by atoms with Crippen LogP contribution >= 0.6 is 0 Å². The third kappa shape index (κ3) is 6.99. The van der Waals surface area contributed by atoms with Gasteiger partial charge in [-0.15, -0.1) is 0 Å². The number of hydrogen-bond acceptors (Lipinski definition) is 4. The zero-order valence-corrected chi connectivity index (χ0v) is 11.5. The first-order valence-corrected chi connectivity index (χ1v) is 6.54. The third-order valence-electron chi connectivity index (χ3n) is 2.84. The van der Waals surface area contributed by atoms with Gasteiger partial charge in [-0.2, -0.15) is 0 Å². The maximum Gasteiger partial charge on any atom is 0.0898 e. The molecule has 2 N–H and O–H groups in total. The van der Waals surface area contributed by atoms with Crippen LogP contribution in [0.15, 0.2) is 0 Å². The van der Waals surface area contributed by atoms with Crippen molar-refractivity contribution in [2.75, 3.05) is 19.8 Å². The average Bonchev–Trinajstić information content (AvgIpc) is 2.23. The minimum Gasteiger partial charge on any atom is -0.389 e. The molecule has 0 amide bonds. The van der Waals surface area contributed by atoms with Crippen molar-refractivity contribution in [1.29, 1.82) is 0 Å². The molecule has 0 radical (unpaired) electrons. The zero-order chi connectivity index (χ0) is 12.9. The van der Waals surface area contributed by atoms with Crippen molar-refractivity contribution < 1.29 is 14.6 Å². The summed E-state index contributed by atoms with van der Waals surface area (Å²) in [4.78, 5) is 0. The van der Waals surface area contributed by atoms with Crippen LogP contribution in [0.3, 0.4) is 0 Å². The average molecular weight is 245 g/mol. The fraction of sp³-hybridized carbons (Fsp3) is 1.00. The van der Waals surface area contributed by atoms with E-state index in [4.69, 9.17) is 9.47 Å². The first-order chi connectivity index (χ1) is 7.87. The smallest absolute Gasteiger partial charge is 0.0898 e. The predicted molar refractivity (Wildman–Crippen MR) is 68.2 cm³/mol. The highest BCUT2D eigenvalue weighted by Gasteiger charge is 2.20. The summed E-state index contributed by atoms with van der Waals surface area (Å²) in [6.07, 6.45) is 1.93. The van der Waals surface area contributed by atoms with Crippen LogP contribution in [0.5, 0.6) is 0 Å². The summed E-state index contributed by atoms with van der Waals surface area (Å²) in [5.74, 6) is 0. The van der Waals surface area contributed by atoms with E-state index >= 15 is 0 Å². The molecular weight excluding hydrogens is 218 g/mol. The van der Waals surface area contributed by atoms with Gasteiger partial charge in [0.1, 0.15) is 0 Å². The number of aliphatic hydroxyl groups excluding tert-OH is 1. The van der Waals surface area contributed by atoms with E-state index in [2.05, 4.69) is 12.2 Å². The van der Waals surface area contributed by atoms with Crippen molar-refractivity contribution in [2.45, 2.75) is 64.4 Å². The van der Waals surface area contributed by atoms with Gasteiger partial charge in [0.05, 0.1) is 24.4 Å². The fourth-order valence-corrected chi connectivity index (χ4v) is 1.89. The van der Waals surface area contributed by atoms with E-state index in [1.54, 1.807) is 0 Å². The van der Waals surface area contributed by atoms with E-state index in [1.807, 2.05) is 20.8 Å². The lowest BCUT2D eigenvalue weighted by atomic mass is 10.0. The first-order valence-electron chi connectivity index (χ1n) is 6.54. The van der Waals surface area contributed by atoms with Crippen molar-refractivity contribution in [1.82, 2.24) is 5.32 Å². The molecule has 0 aromatic carbocycles. The van der Waals surface area contributed by atoms with Gasteiger partial charge in [0.25, 0.3) is 0 Å². The Balaban J connectivity index is 2.12. The van der Waals surface area contributed by atoms with Crippen LogP contribution in [0.25, 0.3) is 0 Å². The topological polar surface area (TPSA) is 50.7 Å². The molecule has 0 aromatic heterocycles. The summed E-state index contributed by atoms with van der Waals surface area (Å²) >= 11 is 0. The standard InChI is InChI=1S/C13H27NO3/c1-10-7-11(5-6-16-10)14-8-12(15)9-17-13(2,3)4/h10-12,14-15H,5-9H2,1-4H3. The summed E-state index contributed by atoms with van der Waals surface area (Å²) in [6, 6.07) is 0.461. The van der Waals surface area contributed by atoms with Gasteiger partial charge in [-0.25, -0.2) is 0 Å². The number of ether oxygens (including phenoxy) is 2. The molecule has 1 saturated heterocycles. The quantitative estimate of drug-likeness (QED) is 0.767. The van der Waals surface area contributed by atoms with Crippen molar-refractivity contribution in [3.8, 4) is 0 Å². The maximum atomic E-state index is 9.79. The van der Waals surface area contributed by atoms with Crippen LogP contribution in [0.2, 0.25) is 0 Å². The van der Waals surface area contributed by atoms with Gasteiger partial charge in [-0.3, -0.25) is 0 Å². The lowest BCUT2D eigenvalue weighted by Crippen LogP contribution is -2.43. The molecule has 0 spiro atoms. The second-order valence-corrected chi connectivity index (χ2v) is 5.89. The Kier molecular flexibility index (Phi) is 5.86. The Labute approximate surface area is 105 Å². The van der Waals surface area contributed by atoms with E-state index in [9.17, 15) is 5.11 Å². The summed E-state index contributed by atoms with van der Waals surface area (Å²) in [5.41, 5.74) is -0.186. The minimum atomic E-state index is -0.438. The molecule has 3 atom stereocenters. The van der Waals surface area contributed by atoms with Gasteiger partial charge >= 0.3 is 0 Å². The summed E-state index contributed by atoms with van der Waals surface area (Å²) in [7, 11) is 0. The number of aliphatic hydroxyl groups is 1. The van der Waals surface area contributed by atoms with E-state index < -0.39 is 6.10 Å². The van der Waals surface area contributed by atoms with Crippen LogP contribution in [0.1, 0.15) is 40.5 Å². The highest BCUT2D eigenvalue weighted by Crippen LogP contribution is 2.13. The van der Waals surface area contributed by atoms with E-state index in [-0.39, 0.29) is 5.60 Å². The molecule has 4 nitrogen and oxygen atoms in total. The van der Waals surface area contributed by atoms with Crippen molar-refractivity contribution >= 4 is 0 Å².